The van der Waals surface area contributed by atoms with E-state index in [9.17, 15) is 14.0 Å². The normalized spacial score (nSPS) is 11.2. The molecule has 18 heavy (non-hydrogen) atoms. The van der Waals surface area contributed by atoms with Crippen molar-refractivity contribution in [2.45, 2.75) is 13.3 Å². The molecule has 0 aliphatic rings. The van der Waals surface area contributed by atoms with Crippen molar-refractivity contribution in [2.75, 3.05) is 7.11 Å². The lowest BCUT2D eigenvalue weighted by Gasteiger charge is -2.04. The third kappa shape index (κ3) is 3.69. The quantitative estimate of drug-likeness (QED) is 0.816. The molecular formula is C13H13FO4. The van der Waals surface area contributed by atoms with Crippen molar-refractivity contribution in [2.24, 2.45) is 0 Å². The van der Waals surface area contributed by atoms with Crippen LogP contribution in [0.4, 0.5) is 4.39 Å². The minimum atomic E-state index is -1.11. The highest BCUT2D eigenvalue weighted by atomic mass is 19.1. The van der Waals surface area contributed by atoms with Crippen molar-refractivity contribution in [3.05, 3.63) is 35.2 Å². The van der Waals surface area contributed by atoms with Gasteiger partial charge in [-0.1, -0.05) is 6.07 Å². The maximum absolute atomic E-state index is 13.4. The molecule has 0 aliphatic carbocycles. The minimum Gasteiger partial charge on any atom is -0.494 e. The number of carboxylic acid groups (broad SMARTS) is 1. The van der Waals surface area contributed by atoms with Crippen molar-refractivity contribution < 1.29 is 23.8 Å². The average molecular weight is 252 g/mol. The summed E-state index contributed by atoms with van der Waals surface area (Å²) >= 11 is 0. The number of methoxy groups -OCH3 is 1. The van der Waals surface area contributed by atoms with E-state index in [1.54, 1.807) is 6.07 Å². The molecule has 4 nitrogen and oxygen atoms in total. The molecule has 0 amide bonds. The van der Waals surface area contributed by atoms with E-state index >= 15 is 0 Å². The lowest BCUT2D eigenvalue weighted by molar-refractivity contribution is -0.136. The number of ketones is 1. The van der Waals surface area contributed by atoms with Gasteiger partial charge in [-0.3, -0.25) is 9.59 Å². The first-order valence-corrected chi connectivity index (χ1v) is 5.21. The molecule has 0 fully saturated rings. The fourth-order valence-electron chi connectivity index (χ4n) is 1.41. The van der Waals surface area contributed by atoms with Crippen LogP contribution in [-0.4, -0.2) is 24.0 Å². The van der Waals surface area contributed by atoms with E-state index in [0.717, 1.165) is 0 Å². The van der Waals surface area contributed by atoms with Gasteiger partial charge in [-0.15, -0.1) is 0 Å². The minimum absolute atomic E-state index is 0.0924. The van der Waals surface area contributed by atoms with Crippen LogP contribution in [0, 0.1) is 5.82 Å². The molecule has 0 unspecified atom stereocenters. The van der Waals surface area contributed by atoms with Crippen LogP contribution in [0.3, 0.4) is 0 Å². The molecule has 0 bridgehead atoms. The molecule has 0 saturated heterocycles. The second-order valence-corrected chi connectivity index (χ2v) is 3.69. The number of carboxylic acids is 1. The molecule has 0 aliphatic heterocycles. The van der Waals surface area contributed by atoms with Crippen LogP contribution in [0.2, 0.25) is 0 Å². The smallest absolute Gasteiger partial charge is 0.307 e. The van der Waals surface area contributed by atoms with Gasteiger partial charge in [0.25, 0.3) is 0 Å². The summed E-state index contributed by atoms with van der Waals surface area (Å²) in [5, 5.41) is 8.66. The number of rotatable bonds is 5. The van der Waals surface area contributed by atoms with Gasteiger partial charge in [-0.2, -0.15) is 0 Å². The van der Waals surface area contributed by atoms with Crippen LogP contribution in [0.5, 0.6) is 5.75 Å². The number of ether oxygens (including phenoxy) is 1. The maximum Gasteiger partial charge on any atom is 0.307 e. The number of benzene rings is 1. The summed E-state index contributed by atoms with van der Waals surface area (Å²) < 4.78 is 18.2. The Balaban J connectivity index is 3.08. The zero-order valence-electron chi connectivity index (χ0n) is 10.1. The number of hydrogen-bond donors (Lipinski definition) is 1. The van der Waals surface area contributed by atoms with Gasteiger partial charge >= 0.3 is 5.97 Å². The Kier molecular flexibility index (Phi) is 4.59. The van der Waals surface area contributed by atoms with Crippen LogP contribution >= 0.6 is 0 Å². The molecule has 0 radical (unpaired) electrons. The Labute approximate surface area is 104 Å². The molecular weight excluding hydrogens is 239 g/mol. The monoisotopic (exact) mass is 252 g/mol. The van der Waals surface area contributed by atoms with Crippen molar-refractivity contribution in [1.82, 2.24) is 0 Å². The van der Waals surface area contributed by atoms with Crippen molar-refractivity contribution >= 4 is 17.8 Å². The molecule has 5 heteroatoms. The third-order valence-electron chi connectivity index (χ3n) is 2.31. The van der Waals surface area contributed by atoms with E-state index in [4.69, 9.17) is 9.84 Å². The van der Waals surface area contributed by atoms with Crippen molar-refractivity contribution in [3.8, 4) is 5.75 Å². The largest absolute Gasteiger partial charge is 0.494 e. The van der Waals surface area contributed by atoms with Gasteiger partial charge in [-0.25, -0.2) is 4.39 Å². The van der Waals surface area contributed by atoms with Crippen LogP contribution in [-0.2, 0) is 9.59 Å². The van der Waals surface area contributed by atoms with Gasteiger partial charge in [0, 0.05) is 5.57 Å². The highest BCUT2D eigenvalue weighted by Crippen LogP contribution is 2.20. The molecule has 96 valence electrons. The standard InChI is InChI=1S/C13H13FO4/c1-8(15)10(7-13(16)17)5-9-3-4-12(18-2)11(14)6-9/h3-6H,7H2,1-2H3,(H,16,17)/b10-5+. The third-order valence-corrected chi connectivity index (χ3v) is 2.31. The Morgan fingerprint density at radius 2 is 2.11 bits per heavy atom. The lowest BCUT2D eigenvalue weighted by Crippen LogP contribution is -2.04. The number of aliphatic carboxylic acids is 1. The molecule has 1 aromatic carbocycles. The summed E-state index contributed by atoms with van der Waals surface area (Å²) in [4.78, 5) is 21.8. The zero-order valence-corrected chi connectivity index (χ0v) is 10.1. The summed E-state index contributed by atoms with van der Waals surface area (Å²) in [6.45, 7) is 1.27. The molecule has 1 N–H and O–H groups in total. The zero-order chi connectivity index (χ0) is 13.7. The van der Waals surface area contributed by atoms with E-state index in [2.05, 4.69) is 0 Å². The molecule has 1 rings (SSSR count). The van der Waals surface area contributed by atoms with Gasteiger partial charge in [0.2, 0.25) is 0 Å². The predicted octanol–water partition coefficient (Wildman–Crippen LogP) is 2.28. The summed E-state index contributed by atoms with van der Waals surface area (Å²) in [7, 11) is 1.35. The highest BCUT2D eigenvalue weighted by Gasteiger charge is 2.10. The molecule has 0 atom stereocenters. The van der Waals surface area contributed by atoms with E-state index in [1.165, 1.54) is 32.2 Å². The molecule has 0 spiro atoms. The first kappa shape index (κ1) is 13.9. The van der Waals surface area contributed by atoms with Crippen molar-refractivity contribution in [3.63, 3.8) is 0 Å². The van der Waals surface area contributed by atoms with E-state index in [1.807, 2.05) is 0 Å². The number of Topliss-reactive ketones (excluding diaryl/α,β-unsaturated/α-hetero) is 1. The molecule has 1 aromatic rings. The summed E-state index contributed by atoms with van der Waals surface area (Å²) in [6.07, 6.45) is 0.974. The highest BCUT2D eigenvalue weighted by molar-refractivity contribution is 6.01. The summed E-state index contributed by atoms with van der Waals surface area (Å²) in [6, 6.07) is 4.15. The van der Waals surface area contributed by atoms with Crippen LogP contribution in [0.1, 0.15) is 18.9 Å². The van der Waals surface area contributed by atoms with Gasteiger partial charge < -0.3 is 9.84 Å². The average Bonchev–Trinajstić information content (AvgIpc) is 2.27. The van der Waals surface area contributed by atoms with Gasteiger partial charge in [0.15, 0.2) is 17.3 Å². The lowest BCUT2D eigenvalue weighted by atomic mass is 10.0. The second-order valence-electron chi connectivity index (χ2n) is 3.69. The molecule has 0 aromatic heterocycles. The number of hydrogen-bond acceptors (Lipinski definition) is 3. The Bertz CT molecular complexity index is 506. The maximum atomic E-state index is 13.4. The van der Waals surface area contributed by atoms with E-state index in [-0.39, 0.29) is 23.5 Å². The first-order chi connectivity index (χ1) is 8.43. The van der Waals surface area contributed by atoms with Crippen LogP contribution in [0.15, 0.2) is 23.8 Å². The van der Waals surface area contributed by atoms with Crippen LogP contribution < -0.4 is 4.74 Å². The van der Waals surface area contributed by atoms with E-state index in [0.29, 0.717) is 5.56 Å². The fraction of sp³-hybridized carbons (Fsp3) is 0.231. The number of carbonyl (C=O) groups excluding carboxylic acids is 1. The van der Waals surface area contributed by atoms with Crippen LogP contribution in [0.25, 0.3) is 6.08 Å². The second kappa shape index (κ2) is 5.95. The predicted molar refractivity (Wildman–Crippen MR) is 63.9 cm³/mol. The first-order valence-electron chi connectivity index (χ1n) is 5.21. The SMILES string of the molecule is COc1ccc(/C=C(\CC(=O)O)C(C)=O)cc1F. The Hall–Kier alpha value is -2.17. The van der Waals surface area contributed by atoms with Crippen molar-refractivity contribution in [1.29, 1.82) is 0 Å². The topological polar surface area (TPSA) is 63.6 Å². The molecule has 0 saturated carbocycles. The summed E-state index contributed by atoms with van der Waals surface area (Å²) in [5.74, 6) is -1.93. The Morgan fingerprint density at radius 1 is 1.44 bits per heavy atom. The fourth-order valence-corrected chi connectivity index (χ4v) is 1.41. The van der Waals surface area contributed by atoms with E-state index < -0.39 is 11.8 Å². The Morgan fingerprint density at radius 3 is 2.56 bits per heavy atom. The van der Waals surface area contributed by atoms with Gasteiger partial charge in [-0.05, 0) is 30.7 Å². The number of carbonyl (C=O) groups is 2. The summed E-state index contributed by atoms with van der Waals surface area (Å²) in [5.41, 5.74) is 0.534. The van der Waals surface area contributed by atoms with Gasteiger partial charge in [0.05, 0.1) is 13.5 Å². The van der Waals surface area contributed by atoms with Gasteiger partial charge in [0.1, 0.15) is 0 Å². The molecule has 0 heterocycles. The number of halogens is 1.